The molecule has 3 rings (SSSR count). The van der Waals surface area contributed by atoms with Crippen molar-refractivity contribution in [2.45, 2.75) is 6.42 Å². The first kappa shape index (κ1) is 25.7. The van der Waals surface area contributed by atoms with E-state index in [9.17, 15) is 14.7 Å². The molecule has 0 radical (unpaired) electrons. The molecule has 0 bridgehead atoms. The lowest BCUT2D eigenvalue weighted by Gasteiger charge is -2.08. The number of hydrazone groups is 2. The molecule has 2 amide bonds. The van der Waals surface area contributed by atoms with Gasteiger partial charge in [0.2, 0.25) is 0 Å². The lowest BCUT2D eigenvalue weighted by molar-refractivity contribution is -0.123. The van der Waals surface area contributed by atoms with Crippen molar-refractivity contribution >= 4 is 24.2 Å². The molecule has 0 atom stereocenters. The van der Waals surface area contributed by atoms with E-state index >= 15 is 0 Å². The van der Waals surface area contributed by atoms with Crippen molar-refractivity contribution in [3.05, 3.63) is 102 Å². The van der Waals surface area contributed by atoms with E-state index in [1.165, 1.54) is 12.4 Å². The van der Waals surface area contributed by atoms with Crippen molar-refractivity contribution in [1.82, 2.24) is 10.9 Å². The number of phenols is 1. The van der Waals surface area contributed by atoms with E-state index in [4.69, 9.17) is 9.47 Å². The standard InChI is InChI=1S/C27H26N4O5/c1-2-9-21-14-20(16-28-30-25(32)18-35-23-10-5-3-6-11-23)15-22(27(21)34)17-29-31-26(33)19-36-24-12-7-4-8-13-24/h2-8,10-17,34H,1,9,18-19H2,(H,30,32)(H,31,33)/b28-16?,29-17+. The van der Waals surface area contributed by atoms with E-state index < -0.39 is 11.8 Å². The smallest absolute Gasteiger partial charge is 0.277 e. The van der Waals surface area contributed by atoms with Crippen LogP contribution in [0.15, 0.2) is 95.7 Å². The van der Waals surface area contributed by atoms with Crippen molar-refractivity contribution < 1.29 is 24.2 Å². The minimum absolute atomic E-state index is 0.00844. The van der Waals surface area contributed by atoms with Crippen LogP contribution in [0.2, 0.25) is 0 Å². The average molecular weight is 487 g/mol. The lowest BCUT2D eigenvalue weighted by Crippen LogP contribution is -2.24. The maximum Gasteiger partial charge on any atom is 0.277 e. The number of phenolic OH excluding ortho intramolecular Hbond substituents is 1. The van der Waals surface area contributed by atoms with E-state index in [0.29, 0.717) is 34.6 Å². The normalized spacial score (nSPS) is 10.8. The Balaban J connectivity index is 1.58. The van der Waals surface area contributed by atoms with Crippen molar-refractivity contribution in [3.8, 4) is 17.2 Å². The summed E-state index contributed by atoms with van der Waals surface area (Å²) in [5.41, 5.74) is 6.26. The van der Waals surface area contributed by atoms with Crippen LogP contribution in [-0.4, -0.2) is 42.6 Å². The fourth-order valence-electron chi connectivity index (χ4n) is 2.98. The summed E-state index contributed by atoms with van der Waals surface area (Å²) in [6.07, 6.45) is 4.77. The van der Waals surface area contributed by atoms with Crippen LogP contribution >= 0.6 is 0 Å². The Bertz CT molecular complexity index is 1230. The summed E-state index contributed by atoms with van der Waals surface area (Å²) < 4.78 is 10.7. The number of amides is 2. The van der Waals surface area contributed by atoms with Crippen LogP contribution in [0.3, 0.4) is 0 Å². The minimum atomic E-state index is -0.459. The van der Waals surface area contributed by atoms with Gasteiger partial charge in [-0.25, -0.2) is 10.9 Å². The van der Waals surface area contributed by atoms with Gasteiger partial charge in [-0.3, -0.25) is 9.59 Å². The van der Waals surface area contributed by atoms with Crippen LogP contribution in [-0.2, 0) is 16.0 Å². The van der Waals surface area contributed by atoms with Crippen molar-refractivity contribution in [3.63, 3.8) is 0 Å². The van der Waals surface area contributed by atoms with Gasteiger partial charge in [0, 0.05) is 5.56 Å². The summed E-state index contributed by atoms with van der Waals surface area (Å²) in [7, 11) is 0. The number of nitrogens with zero attached hydrogens (tertiary/aromatic N) is 2. The highest BCUT2D eigenvalue weighted by Crippen LogP contribution is 2.24. The molecule has 0 fully saturated rings. The van der Waals surface area contributed by atoms with Gasteiger partial charge in [-0.15, -0.1) is 6.58 Å². The zero-order chi connectivity index (χ0) is 25.6. The number of hydrogen-bond acceptors (Lipinski definition) is 7. The SMILES string of the molecule is C=CCc1cc(C=NNC(=O)COc2ccccc2)cc(/C=N/NC(=O)COc2ccccc2)c1O. The largest absolute Gasteiger partial charge is 0.507 e. The van der Waals surface area contributed by atoms with Gasteiger partial charge in [0.1, 0.15) is 17.2 Å². The summed E-state index contributed by atoms with van der Waals surface area (Å²) in [4.78, 5) is 24.0. The Morgan fingerprint density at radius 3 is 1.89 bits per heavy atom. The third-order valence-corrected chi connectivity index (χ3v) is 4.63. The Kier molecular flexibility index (Phi) is 9.78. The quantitative estimate of drug-likeness (QED) is 0.206. The van der Waals surface area contributed by atoms with E-state index in [0.717, 1.165) is 0 Å². The fourth-order valence-corrected chi connectivity index (χ4v) is 2.98. The van der Waals surface area contributed by atoms with Crippen molar-refractivity contribution in [2.24, 2.45) is 10.2 Å². The van der Waals surface area contributed by atoms with E-state index in [-0.39, 0.29) is 19.0 Å². The molecule has 0 aromatic heterocycles. The number of hydrogen-bond donors (Lipinski definition) is 3. The van der Waals surface area contributed by atoms with Crippen LogP contribution in [0.1, 0.15) is 16.7 Å². The number of nitrogens with one attached hydrogen (secondary N) is 2. The second-order valence-corrected chi connectivity index (χ2v) is 7.40. The van der Waals surface area contributed by atoms with Crippen molar-refractivity contribution in [2.75, 3.05) is 13.2 Å². The zero-order valence-corrected chi connectivity index (χ0v) is 19.5. The van der Waals surface area contributed by atoms with Gasteiger partial charge < -0.3 is 14.6 Å². The number of allylic oxidation sites excluding steroid dienone is 1. The van der Waals surface area contributed by atoms with Gasteiger partial charge in [0.15, 0.2) is 13.2 Å². The van der Waals surface area contributed by atoms with Crippen LogP contribution in [0, 0.1) is 0 Å². The van der Waals surface area contributed by atoms with Gasteiger partial charge in [0.25, 0.3) is 11.8 Å². The molecular weight excluding hydrogens is 460 g/mol. The number of aromatic hydroxyl groups is 1. The summed E-state index contributed by atoms with van der Waals surface area (Å²) in [6, 6.07) is 21.2. The highest BCUT2D eigenvalue weighted by Gasteiger charge is 2.08. The summed E-state index contributed by atoms with van der Waals surface area (Å²) in [5.74, 6) is 0.244. The molecule has 9 heteroatoms. The molecule has 0 heterocycles. The number of ether oxygens (including phenoxy) is 2. The highest BCUT2D eigenvalue weighted by molar-refractivity contribution is 5.91. The molecule has 3 N–H and O–H groups in total. The van der Waals surface area contributed by atoms with Crippen LogP contribution < -0.4 is 20.3 Å². The fraction of sp³-hybridized carbons (Fsp3) is 0.111. The molecule has 0 spiro atoms. The number of carbonyl (C=O) groups is 2. The molecule has 0 unspecified atom stereocenters. The second kappa shape index (κ2) is 13.7. The first-order valence-corrected chi connectivity index (χ1v) is 11.0. The molecule has 9 nitrogen and oxygen atoms in total. The Morgan fingerprint density at radius 2 is 1.36 bits per heavy atom. The molecule has 0 saturated heterocycles. The lowest BCUT2D eigenvalue weighted by atomic mass is 10.0. The van der Waals surface area contributed by atoms with Crippen LogP contribution in [0.5, 0.6) is 17.2 Å². The summed E-state index contributed by atoms with van der Waals surface area (Å²) in [6.45, 7) is 3.29. The average Bonchev–Trinajstić information content (AvgIpc) is 2.90. The zero-order valence-electron chi connectivity index (χ0n) is 19.5. The van der Waals surface area contributed by atoms with E-state index in [1.54, 1.807) is 54.6 Å². The summed E-state index contributed by atoms with van der Waals surface area (Å²) >= 11 is 0. The van der Waals surface area contributed by atoms with Gasteiger partial charge >= 0.3 is 0 Å². The number of rotatable bonds is 12. The van der Waals surface area contributed by atoms with E-state index in [2.05, 4.69) is 27.6 Å². The number of benzene rings is 3. The predicted octanol–water partition coefficient (Wildman–Crippen LogP) is 3.18. The molecule has 3 aromatic rings. The Labute approximate surface area is 208 Å². The number of carbonyl (C=O) groups excluding carboxylic acids is 2. The molecule has 36 heavy (non-hydrogen) atoms. The molecule has 184 valence electrons. The van der Waals surface area contributed by atoms with Crippen LogP contribution in [0.25, 0.3) is 0 Å². The Morgan fingerprint density at radius 1 is 0.833 bits per heavy atom. The first-order chi connectivity index (χ1) is 17.5. The molecule has 0 aliphatic heterocycles. The monoisotopic (exact) mass is 486 g/mol. The Hall–Kier alpha value is -4.92. The van der Waals surface area contributed by atoms with Gasteiger partial charge in [-0.05, 0) is 53.9 Å². The first-order valence-electron chi connectivity index (χ1n) is 11.0. The molecule has 3 aromatic carbocycles. The molecular formula is C27H26N4O5. The predicted molar refractivity (Wildman–Crippen MR) is 137 cm³/mol. The third kappa shape index (κ3) is 8.45. The maximum atomic E-state index is 12.0. The molecule has 0 aliphatic rings. The van der Waals surface area contributed by atoms with Gasteiger partial charge in [-0.1, -0.05) is 42.5 Å². The van der Waals surface area contributed by atoms with Crippen LogP contribution in [0.4, 0.5) is 0 Å². The maximum absolute atomic E-state index is 12.0. The minimum Gasteiger partial charge on any atom is -0.507 e. The van der Waals surface area contributed by atoms with Crippen molar-refractivity contribution in [1.29, 1.82) is 0 Å². The van der Waals surface area contributed by atoms with Gasteiger partial charge in [0.05, 0.1) is 12.4 Å². The highest BCUT2D eigenvalue weighted by atomic mass is 16.5. The van der Waals surface area contributed by atoms with E-state index in [1.807, 2.05) is 24.3 Å². The second-order valence-electron chi connectivity index (χ2n) is 7.40. The van der Waals surface area contributed by atoms with Gasteiger partial charge in [-0.2, -0.15) is 10.2 Å². The number of para-hydroxylation sites is 2. The topological polar surface area (TPSA) is 122 Å². The summed E-state index contributed by atoms with van der Waals surface area (Å²) in [5, 5.41) is 18.4. The molecule has 0 aliphatic carbocycles. The third-order valence-electron chi connectivity index (χ3n) is 4.63. The molecule has 0 saturated carbocycles.